The van der Waals surface area contributed by atoms with Crippen LogP contribution < -0.4 is 0 Å². The van der Waals surface area contributed by atoms with Crippen molar-refractivity contribution in [1.29, 1.82) is 0 Å². The topological polar surface area (TPSA) is 17.1 Å². The van der Waals surface area contributed by atoms with Gasteiger partial charge in [-0.3, -0.25) is 4.79 Å². The molecule has 0 amide bonds. The normalized spacial score (nSPS) is 44.9. The molecule has 68 valence electrons. The summed E-state index contributed by atoms with van der Waals surface area (Å²) in [6.07, 6.45) is 2.10. The van der Waals surface area contributed by atoms with Gasteiger partial charge in [0, 0.05) is 22.3 Å². The number of ketones is 1. The highest BCUT2D eigenvalue weighted by Crippen LogP contribution is 2.54. The van der Waals surface area contributed by atoms with E-state index in [9.17, 15) is 4.79 Å². The highest BCUT2D eigenvalue weighted by Gasteiger charge is 2.49. The van der Waals surface area contributed by atoms with E-state index in [2.05, 4.69) is 20.8 Å². The van der Waals surface area contributed by atoms with Crippen LogP contribution in [0.2, 0.25) is 0 Å². The molecular weight excluding hydrogens is 168 g/mol. The largest absolute Gasteiger partial charge is 0.299 e. The second-order valence-electron chi connectivity index (χ2n) is 4.65. The minimum Gasteiger partial charge on any atom is -0.299 e. The lowest BCUT2D eigenvalue weighted by molar-refractivity contribution is -0.124. The fraction of sp³-hybridized carbons (Fsp3) is 0.900. The molecule has 0 N–H and O–H groups in total. The van der Waals surface area contributed by atoms with Gasteiger partial charge in [-0.2, -0.15) is 11.8 Å². The Morgan fingerprint density at radius 1 is 1.50 bits per heavy atom. The molecule has 0 spiro atoms. The predicted molar refractivity (Wildman–Crippen MR) is 52.4 cm³/mol. The first-order chi connectivity index (χ1) is 5.50. The summed E-state index contributed by atoms with van der Waals surface area (Å²) in [6.45, 7) is 6.67. The van der Waals surface area contributed by atoms with Gasteiger partial charge in [0.05, 0.1) is 0 Å². The van der Waals surface area contributed by atoms with E-state index in [1.54, 1.807) is 0 Å². The molecule has 1 aliphatic carbocycles. The number of carbonyl (C=O) groups is 1. The molecule has 2 bridgehead atoms. The molecule has 0 aromatic carbocycles. The predicted octanol–water partition coefficient (Wildman–Crippen LogP) is 2.50. The lowest BCUT2D eigenvalue weighted by Crippen LogP contribution is -2.30. The Hall–Kier alpha value is 0.0200. The van der Waals surface area contributed by atoms with E-state index < -0.39 is 0 Å². The fourth-order valence-electron chi connectivity index (χ4n) is 2.37. The van der Waals surface area contributed by atoms with E-state index in [0.717, 1.165) is 6.42 Å². The summed E-state index contributed by atoms with van der Waals surface area (Å²) in [5, 5.41) is 0.617. The first-order valence-corrected chi connectivity index (χ1v) is 5.59. The first-order valence-electron chi connectivity index (χ1n) is 4.71. The molecule has 1 aliphatic heterocycles. The number of fused-ring (bicyclic) bond motifs is 2. The summed E-state index contributed by atoms with van der Waals surface area (Å²) in [5.41, 5.74) is 0. The second kappa shape index (κ2) is 2.50. The second-order valence-corrected chi connectivity index (χ2v) is 6.54. The van der Waals surface area contributed by atoms with E-state index >= 15 is 0 Å². The minimum atomic E-state index is 0.313. The Labute approximate surface area is 78.3 Å². The zero-order valence-corrected chi connectivity index (χ0v) is 8.78. The molecule has 2 aliphatic rings. The van der Waals surface area contributed by atoms with Gasteiger partial charge in [-0.15, -0.1) is 0 Å². The van der Waals surface area contributed by atoms with Crippen LogP contribution in [0.1, 0.15) is 33.6 Å². The summed E-state index contributed by atoms with van der Waals surface area (Å²) in [4.78, 5) is 11.5. The quantitative estimate of drug-likeness (QED) is 0.575. The molecule has 12 heavy (non-hydrogen) atoms. The van der Waals surface area contributed by atoms with Gasteiger partial charge in [0.25, 0.3) is 0 Å². The van der Waals surface area contributed by atoms with Crippen molar-refractivity contribution in [3.05, 3.63) is 0 Å². The van der Waals surface area contributed by atoms with E-state index in [4.69, 9.17) is 0 Å². The van der Waals surface area contributed by atoms with Gasteiger partial charge >= 0.3 is 0 Å². The molecule has 3 unspecified atom stereocenters. The fourth-order valence-corrected chi connectivity index (χ4v) is 4.21. The minimum absolute atomic E-state index is 0.313. The van der Waals surface area contributed by atoms with Gasteiger partial charge < -0.3 is 0 Å². The molecule has 3 atom stereocenters. The number of thioether (sulfide) groups is 1. The maximum Gasteiger partial charge on any atom is 0.137 e. The number of hydrogen-bond donors (Lipinski definition) is 0. The van der Waals surface area contributed by atoms with Gasteiger partial charge in [0.2, 0.25) is 0 Å². The van der Waals surface area contributed by atoms with Crippen LogP contribution in [-0.2, 0) is 4.79 Å². The van der Waals surface area contributed by atoms with Crippen LogP contribution in [0.3, 0.4) is 0 Å². The molecule has 0 aromatic rings. The molecule has 1 heterocycles. The van der Waals surface area contributed by atoms with Crippen molar-refractivity contribution in [2.24, 2.45) is 11.8 Å². The summed E-state index contributed by atoms with van der Waals surface area (Å²) in [6, 6.07) is 0. The molecule has 1 saturated heterocycles. The van der Waals surface area contributed by atoms with Gasteiger partial charge in [-0.05, 0) is 12.3 Å². The molecule has 1 nitrogen and oxygen atoms in total. The lowest BCUT2D eigenvalue weighted by atomic mass is 9.77. The maximum atomic E-state index is 11.5. The molecule has 0 radical (unpaired) electrons. The SMILES string of the molecule is CC1C(=O)CC2CC1SC2(C)C. The third-order valence-electron chi connectivity index (χ3n) is 3.47. The zero-order valence-electron chi connectivity index (χ0n) is 7.96. The van der Waals surface area contributed by atoms with E-state index in [1.807, 2.05) is 11.8 Å². The van der Waals surface area contributed by atoms with Crippen molar-refractivity contribution in [3.8, 4) is 0 Å². The van der Waals surface area contributed by atoms with E-state index in [-0.39, 0.29) is 0 Å². The summed E-state index contributed by atoms with van der Waals surface area (Å²) < 4.78 is 0.352. The van der Waals surface area contributed by atoms with Gasteiger partial charge in [0.15, 0.2) is 0 Å². The third-order valence-corrected chi connectivity index (χ3v) is 5.31. The first kappa shape index (κ1) is 8.61. The van der Waals surface area contributed by atoms with Gasteiger partial charge in [0.1, 0.15) is 5.78 Å². The van der Waals surface area contributed by atoms with Crippen molar-refractivity contribution in [1.82, 2.24) is 0 Å². The molecule has 2 fully saturated rings. The van der Waals surface area contributed by atoms with E-state index in [1.165, 1.54) is 6.42 Å². The van der Waals surface area contributed by atoms with Crippen molar-refractivity contribution >= 4 is 17.5 Å². The summed E-state index contributed by atoms with van der Waals surface area (Å²) in [5.74, 6) is 1.46. The number of carbonyl (C=O) groups excluding carboxylic acids is 1. The number of rotatable bonds is 0. The average molecular weight is 184 g/mol. The third kappa shape index (κ3) is 1.12. The molecule has 2 heteroatoms. The standard InChI is InChI=1S/C10H16OS/c1-6-8(11)4-7-5-9(6)12-10(7,2)3/h6-7,9H,4-5H2,1-3H3. The van der Waals surface area contributed by atoms with Crippen LogP contribution in [0.4, 0.5) is 0 Å². The van der Waals surface area contributed by atoms with Crippen LogP contribution >= 0.6 is 11.8 Å². The maximum absolute atomic E-state index is 11.5. The van der Waals surface area contributed by atoms with Crippen LogP contribution in [0, 0.1) is 11.8 Å². The smallest absolute Gasteiger partial charge is 0.137 e. The number of hydrogen-bond acceptors (Lipinski definition) is 2. The monoisotopic (exact) mass is 184 g/mol. The van der Waals surface area contributed by atoms with Crippen LogP contribution in [0.5, 0.6) is 0 Å². The zero-order chi connectivity index (χ0) is 8.93. The van der Waals surface area contributed by atoms with Crippen molar-refractivity contribution in [2.45, 2.75) is 43.6 Å². The molecule has 1 saturated carbocycles. The highest BCUT2D eigenvalue weighted by molar-refractivity contribution is 8.01. The number of Topliss-reactive ketones (excluding diaryl/α,β-unsaturated/α-hetero) is 1. The summed E-state index contributed by atoms with van der Waals surface area (Å²) in [7, 11) is 0. The Morgan fingerprint density at radius 2 is 2.17 bits per heavy atom. The Morgan fingerprint density at radius 3 is 2.83 bits per heavy atom. The molecular formula is C10H16OS. The molecule has 0 aromatic heterocycles. The summed E-state index contributed by atoms with van der Waals surface area (Å²) >= 11 is 2.03. The Bertz CT molecular complexity index is 222. The van der Waals surface area contributed by atoms with Crippen molar-refractivity contribution in [3.63, 3.8) is 0 Å². The van der Waals surface area contributed by atoms with Gasteiger partial charge in [-0.25, -0.2) is 0 Å². The van der Waals surface area contributed by atoms with E-state index in [0.29, 0.717) is 27.6 Å². The van der Waals surface area contributed by atoms with Crippen molar-refractivity contribution < 1.29 is 4.79 Å². The Balaban J connectivity index is 2.24. The lowest BCUT2D eigenvalue weighted by Gasteiger charge is -2.26. The highest BCUT2D eigenvalue weighted by atomic mass is 32.2. The van der Waals surface area contributed by atoms with Crippen LogP contribution in [0.15, 0.2) is 0 Å². The van der Waals surface area contributed by atoms with Gasteiger partial charge in [-0.1, -0.05) is 20.8 Å². The molecule has 2 rings (SSSR count). The van der Waals surface area contributed by atoms with Crippen molar-refractivity contribution in [2.75, 3.05) is 0 Å². The average Bonchev–Trinajstić information content (AvgIpc) is 2.21. The van der Waals surface area contributed by atoms with Crippen LogP contribution in [0.25, 0.3) is 0 Å². The Kier molecular flexibility index (Phi) is 1.80. The van der Waals surface area contributed by atoms with Crippen LogP contribution in [-0.4, -0.2) is 15.8 Å².